The molecule has 0 saturated carbocycles. The molecule has 0 atom stereocenters. The van der Waals surface area contributed by atoms with Crippen molar-refractivity contribution < 1.29 is 4.39 Å². The Balaban J connectivity index is 2.80. The Labute approximate surface area is 50.4 Å². The van der Waals surface area contributed by atoms with Crippen LogP contribution < -0.4 is 0 Å². The second kappa shape index (κ2) is 6.67. The molecular formula is C7H12F. The van der Waals surface area contributed by atoms with E-state index >= 15 is 0 Å². The zero-order chi connectivity index (χ0) is 6.24. The number of rotatable bonds is 4. The van der Waals surface area contributed by atoms with Crippen molar-refractivity contribution >= 4 is 0 Å². The van der Waals surface area contributed by atoms with Crippen LogP contribution in [0.3, 0.4) is 0 Å². The van der Waals surface area contributed by atoms with Crippen LogP contribution in [-0.2, 0) is 0 Å². The number of alkyl halides is 1. The summed E-state index contributed by atoms with van der Waals surface area (Å²) in [6.07, 6.45) is 6.36. The molecule has 0 saturated heterocycles. The van der Waals surface area contributed by atoms with Crippen LogP contribution in [0.25, 0.3) is 0 Å². The van der Waals surface area contributed by atoms with Crippen LogP contribution in [0, 0.1) is 6.92 Å². The van der Waals surface area contributed by atoms with Crippen molar-refractivity contribution in [3.05, 3.63) is 19.1 Å². The van der Waals surface area contributed by atoms with E-state index in [0.717, 1.165) is 19.3 Å². The predicted molar refractivity (Wildman–Crippen MR) is 34.3 cm³/mol. The number of unbranched alkanes of at least 4 members (excludes halogenated alkanes) is 2. The van der Waals surface area contributed by atoms with Crippen LogP contribution in [0.2, 0.25) is 0 Å². The van der Waals surface area contributed by atoms with Crippen LogP contribution in [0.15, 0.2) is 12.2 Å². The molecule has 1 radical (unpaired) electrons. The number of allylic oxidation sites excluding steroid dienone is 2. The first kappa shape index (κ1) is 7.67. The minimum Gasteiger partial charge on any atom is -0.247 e. The van der Waals surface area contributed by atoms with Crippen molar-refractivity contribution in [3.8, 4) is 0 Å². The molecule has 0 amide bonds. The van der Waals surface area contributed by atoms with Crippen LogP contribution in [0.5, 0.6) is 0 Å². The van der Waals surface area contributed by atoms with Gasteiger partial charge in [-0.2, -0.15) is 0 Å². The summed E-state index contributed by atoms with van der Waals surface area (Å²) in [5.74, 6) is 0. The zero-order valence-electron chi connectivity index (χ0n) is 5.07. The van der Waals surface area contributed by atoms with Crippen LogP contribution >= 0.6 is 0 Å². The molecule has 0 aromatic carbocycles. The van der Waals surface area contributed by atoms with Gasteiger partial charge >= 0.3 is 0 Å². The smallest absolute Gasteiger partial charge is 0.108 e. The zero-order valence-corrected chi connectivity index (χ0v) is 5.07. The highest BCUT2D eigenvalue weighted by atomic mass is 19.1. The maximum Gasteiger partial charge on any atom is 0.108 e. The van der Waals surface area contributed by atoms with Crippen LogP contribution in [0.4, 0.5) is 4.39 Å². The molecule has 0 aromatic heterocycles. The minimum absolute atomic E-state index is 0.336. The lowest BCUT2D eigenvalue weighted by atomic mass is 10.2. The van der Waals surface area contributed by atoms with Gasteiger partial charge in [-0.25, -0.2) is 4.39 Å². The highest BCUT2D eigenvalue weighted by Gasteiger charge is 1.75. The molecular weight excluding hydrogens is 103 g/mol. The summed E-state index contributed by atoms with van der Waals surface area (Å²) in [6, 6.07) is 0. The standard InChI is InChI=1S/C7H12F/c1-2-3-4-5-6-7-8/h5-6H,1-4,7H2. The summed E-state index contributed by atoms with van der Waals surface area (Å²) in [5.41, 5.74) is 0. The normalized spacial score (nSPS) is 10.8. The number of hydrogen-bond donors (Lipinski definition) is 0. The molecule has 0 rings (SSSR count). The van der Waals surface area contributed by atoms with Gasteiger partial charge in [-0.15, -0.1) is 0 Å². The van der Waals surface area contributed by atoms with E-state index in [4.69, 9.17) is 0 Å². The van der Waals surface area contributed by atoms with E-state index in [0.29, 0.717) is 0 Å². The topological polar surface area (TPSA) is 0 Å². The van der Waals surface area contributed by atoms with Gasteiger partial charge in [-0.1, -0.05) is 25.5 Å². The number of hydrogen-bond acceptors (Lipinski definition) is 0. The Hall–Kier alpha value is -0.330. The second-order valence-corrected chi connectivity index (χ2v) is 1.62. The van der Waals surface area contributed by atoms with Gasteiger partial charge in [0, 0.05) is 0 Å². The molecule has 1 heteroatoms. The fraction of sp³-hybridized carbons (Fsp3) is 0.571. The van der Waals surface area contributed by atoms with Crippen molar-refractivity contribution in [2.45, 2.75) is 19.3 Å². The lowest BCUT2D eigenvalue weighted by molar-refractivity contribution is 0.560. The molecule has 47 valence electrons. The average molecular weight is 115 g/mol. The largest absolute Gasteiger partial charge is 0.247 e. The van der Waals surface area contributed by atoms with Crippen molar-refractivity contribution in [2.24, 2.45) is 0 Å². The molecule has 0 fully saturated rings. The lowest BCUT2D eigenvalue weighted by Gasteiger charge is -1.84. The summed E-state index contributed by atoms with van der Waals surface area (Å²) in [6.45, 7) is 3.32. The van der Waals surface area contributed by atoms with Crippen LogP contribution in [-0.4, -0.2) is 6.67 Å². The molecule has 0 aliphatic heterocycles. The molecule has 0 bridgehead atoms. The van der Waals surface area contributed by atoms with Gasteiger partial charge in [-0.3, -0.25) is 0 Å². The average Bonchev–Trinajstić information content (AvgIpc) is 1.81. The van der Waals surface area contributed by atoms with Crippen LogP contribution in [0.1, 0.15) is 19.3 Å². The monoisotopic (exact) mass is 115 g/mol. The van der Waals surface area contributed by atoms with Crippen molar-refractivity contribution in [2.75, 3.05) is 6.67 Å². The third kappa shape index (κ3) is 5.67. The summed E-state index contributed by atoms with van der Waals surface area (Å²) in [5, 5.41) is 0. The Morgan fingerprint density at radius 1 is 1.38 bits per heavy atom. The van der Waals surface area contributed by atoms with Gasteiger partial charge < -0.3 is 0 Å². The molecule has 0 aliphatic rings. The van der Waals surface area contributed by atoms with Crippen molar-refractivity contribution in [1.29, 1.82) is 0 Å². The second-order valence-electron chi connectivity index (χ2n) is 1.62. The Kier molecular flexibility index (Phi) is 6.39. The fourth-order valence-electron chi connectivity index (χ4n) is 0.443. The van der Waals surface area contributed by atoms with E-state index in [1.54, 1.807) is 0 Å². The van der Waals surface area contributed by atoms with Crippen molar-refractivity contribution in [3.63, 3.8) is 0 Å². The number of halogens is 1. The molecule has 0 N–H and O–H groups in total. The first-order chi connectivity index (χ1) is 3.91. The van der Waals surface area contributed by atoms with E-state index in [1.807, 2.05) is 6.08 Å². The molecule has 8 heavy (non-hydrogen) atoms. The third-order valence-corrected chi connectivity index (χ3v) is 0.877. The van der Waals surface area contributed by atoms with Gasteiger partial charge in [-0.05, 0) is 12.8 Å². The molecule has 0 heterocycles. The van der Waals surface area contributed by atoms with E-state index in [2.05, 4.69) is 6.92 Å². The third-order valence-electron chi connectivity index (χ3n) is 0.877. The van der Waals surface area contributed by atoms with Gasteiger partial charge in [0.15, 0.2) is 0 Å². The lowest BCUT2D eigenvalue weighted by Crippen LogP contribution is -1.67. The Morgan fingerprint density at radius 3 is 2.62 bits per heavy atom. The van der Waals surface area contributed by atoms with E-state index in [9.17, 15) is 4.39 Å². The molecule has 0 aliphatic carbocycles. The van der Waals surface area contributed by atoms with Gasteiger partial charge in [0.25, 0.3) is 0 Å². The summed E-state index contributed by atoms with van der Waals surface area (Å²) in [4.78, 5) is 0. The maximum absolute atomic E-state index is 11.3. The first-order valence-electron chi connectivity index (χ1n) is 2.92. The van der Waals surface area contributed by atoms with E-state index in [1.165, 1.54) is 6.08 Å². The quantitative estimate of drug-likeness (QED) is 0.390. The summed E-state index contributed by atoms with van der Waals surface area (Å²) < 4.78 is 11.3. The fourth-order valence-corrected chi connectivity index (χ4v) is 0.443. The molecule has 0 unspecified atom stereocenters. The Morgan fingerprint density at radius 2 is 2.12 bits per heavy atom. The predicted octanol–water partition coefficient (Wildman–Crippen LogP) is 2.52. The summed E-state index contributed by atoms with van der Waals surface area (Å²) >= 11 is 0. The van der Waals surface area contributed by atoms with Crippen molar-refractivity contribution in [1.82, 2.24) is 0 Å². The van der Waals surface area contributed by atoms with E-state index < -0.39 is 0 Å². The summed E-state index contributed by atoms with van der Waals surface area (Å²) in [7, 11) is 0. The minimum atomic E-state index is -0.336. The van der Waals surface area contributed by atoms with E-state index in [-0.39, 0.29) is 6.67 Å². The molecule has 0 aromatic rings. The first-order valence-corrected chi connectivity index (χ1v) is 2.92. The van der Waals surface area contributed by atoms with Gasteiger partial charge in [0.05, 0.1) is 0 Å². The highest BCUT2D eigenvalue weighted by Crippen LogP contribution is 1.93. The molecule has 0 spiro atoms. The van der Waals surface area contributed by atoms with Gasteiger partial charge in [0.1, 0.15) is 6.67 Å². The molecule has 0 nitrogen and oxygen atoms in total. The highest BCUT2D eigenvalue weighted by molar-refractivity contribution is 4.80. The maximum atomic E-state index is 11.3. The Bertz CT molecular complexity index is 57.4. The van der Waals surface area contributed by atoms with Gasteiger partial charge in [0.2, 0.25) is 0 Å². The SMILES string of the molecule is [CH2]CCCC=CCF.